The number of carbonyl (C=O) groups excluding carboxylic acids is 1. The van der Waals surface area contributed by atoms with E-state index in [2.05, 4.69) is 28.1 Å². The highest BCUT2D eigenvalue weighted by atomic mass is 32.1. The van der Waals surface area contributed by atoms with Gasteiger partial charge in [-0.05, 0) is 18.6 Å². The largest absolute Gasteiger partial charge is 0.355 e. The van der Waals surface area contributed by atoms with Crippen molar-refractivity contribution in [2.24, 2.45) is 5.73 Å². The summed E-state index contributed by atoms with van der Waals surface area (Å²) < 4.78 is 0. The molecule has 0 bridgehead atoms. The summed E-state index contributed by atoms with van der Waals surface area (Å²) in [6, 6.07) is 4.09. The number of nitrogens with zero attached hydrogens (tertiary/aromatic N) is 1. The average molecular weight is 263 g/mol. The molecular formula is C13H17N3OS. The van der Waals surface area contributed by atoms with E-state index in [9.17, 15) is 4.79 Å². The Labute approximate surface area is 111 Å². The van der Waals surface area contributed by atoms with Crippen molar-refractivity contribution in [3.05, 3.63) is 21.9 Å². The average Bonchev–Trinajstić information content (AvgIpc) is 2.69. The van der Waals surface area contributed by atoms with Gasteiger partial charge >= 0.3 is 0 Å². The fraction of sp³-hybridized carbons (Fsp3) is 0.462. The van der Waals surface area contributed by atoms with E-state index >= 15 is 0 Å². The molecule has 96 valence electrons. The third kappa shape index (κ3) is 3.84. The Kier molecular flexibility index (Phi) is 4.76. The molecular weight excluding hydrogens is 246 g/mol. The van der Waals surface area contributed by atoms with Gasteiger partial charge < -0.3 is 11.1 Å². The number of hydrogen-bond donors (Lipinski definition) is 2. The van der Waals surface area contributed by atoms with Crippen LogP contribution in [0.25, 0.3) is 0 Å². The van der Waals surface area contributed by atoms with E-state index in [-0.39, 0.29) is 5.91 Å². The van der Waals surface area contributed by atoms with Gasteiger partial charge in [0.1, 0.15) is 0 Å². The Balaban J connectivity index is 1.95. The van der Waals surface area contributed by atoms with E-state index in [1.165, 1.54) is 4.88 Å². The predicted octanol–water partition coefficient (Wildman–Crippen LogP) is 0.380. The fourth-order valence-electron chi connectivity index (χ4n) is 1.89. The molecule has 0 atom stereocenters. The Morgan fingerprint density at radius 1 is 1.50 bits per heavy atom. The first-order valence-corrected chi connectivity index (χ1v) is 6.86. The van der Waals surface area contributed by atoms with Crippen LogP contribution in [0.2, 0.25) is 0 Å². The molecule has 18 heavy (non-hydrogen) atoms. The van der Waals surface area contributed by atoms with Gasteiger partial charge in [0.2, 0.25) is 5.91 Å². The molecule has 1 saturated heterocycles. The second kappa shape index (κ2) is 6.55. The van der Waals surface area contributed by atoms with E-state index < -0.39 is 0 Å². The minimum Gasteiger partial charge on any atom is -0.355 e. The second-order valence-corrected chi connectivity index (χ2v) is 5.35. The zero-order valence-electron chi connectivity index (χ0n) is 10.2. The van der Waals surface area contributed by atoms with Crippen LogP contribution in [0.15, 0.2) is 12.1 Å². The number of rotatable bonds is 2. The molecule has 0 unspecified atom stereocenters. The predicted molar refractivity (Wildman–Crippen MR) is 73.2 cm³/mol. The van der Waals surface area contributed by atoms with Crippen molar-refractivity contribution in [3.63, 3.8) is 0 Å². The van der Waals surface area contributed by atoms with Crippen LogP contribution in [0.5, 0.6) is 0 Å². The highest BCUT2D eigenvalue weighted by Gasteiger charge is 2.15. The summed E-state index contributed by atoms with van der Waals surface area (Å²) in [5.74, 6) is 6.00. The molecule has 1 aliphatic rings. The number of hydrogen-bond acceptors (Lipinski definition) is 4. The lowest BCUT2D eigenvalue weighted by Crippen LogP contribution is -2.32. The summed E-state index contributed by atoms with van der Waals surface area (Å²) in [5.41, 5.74) is 5.34. The first-order chi connectivity index (χ1) is 8.78. The number of nitrogens with one attached hydrogen (secondary N) is 1. The summed E-state index contributed by atoms with van der Waals surface area (Å²) in [7, 11) is 0. The molecule has 0 aliphatic carbocycles. The number of amides is 1. The molecule has 5 heteroatoms. The Hall–Kier alpha value is -1.35. The molecule has 4 nitrogen and oxygen atoms in total. The van der Waals surface area contributed by atoms with E-state index in [1.54, 1.807) is 11.3 Å². The molecule has 1 aromatic rings. The molecule has 1 aliphatic heterocycles. The lowest BCUT2D eigenvalue weighted by atomic mass is 10.3. The van der Waals surface area contributed by atoms with Crippen molar-refractivity contribution in [3.8, 4) is 11.8 Å². The first kappa shape index (κ1) is 13.1. The standard InChI is InChI=1S/C13H17N3OS/c14-6-1-3-11-4-5-12(18-11)9-16-8-2-7-15-13(17)10-16/h4-5H,2,6-10,14H2,(H,15,17). The number of nitrogens with two attached hydrogens (primary N) is 1. The minimum atomic E-state index is 0.118. The van der Waals surface area contributed by atoms with Gasteiger partial charge in [-0.3, -0.25) is 9.69 Å². The van der Waals surface area contributed by atoms with Gasteiger partial charge in [0.25, 0.3) is 0 Å². The number of carbonyl (C=O) groups is 1. The second-order valence-electron chi connectivity index (χ2n) is 4.19. The van der Waals surface area contributed by atoms with Gasteiger partial charge in [-0.25, -0.2) is 0 Å². The molecule has 0 aromatic carbocycles. The Morgan fingerprint density at radius 3 is 3.22 bits per heavy atom. The highest BCUT2D eigenvalue weighted by Crippen LogP contribution is 2.17. The van der Waals surface area contributed by atoms with Crippen LogP contribution in [-0.4, -0.2) is 37.0 Å². The van der Waals surface area contributed by atoms with Crippen molar-refractivity contribution < 1.29 is 4.79 Å². The van der Waals surface area contributed by atoms with Crippen molar-refractivity contribution in [2.45, 2.75) is 13.0 Å². The van der Waals surface area contributed by atoms with Crippen LogP contribution in [0, 0.1) is 11.8 Å². The van der Waals surface area contributed by atoms with Crippen molar-refractivity contribution in [1.29, 1.82) is 0 Å². The summed E-state index contributed by atoms with van der Waals surface area (Å²) in [6.07, 6.45) is 1.01. The van der Waals surface area contributed by atoms with Crippen molar-refractivity contribution in [1.82, 2.24) is 10.2 Å². The SMILES string of the molecule is NCC#Cc1ccc(CN2CCCNC(=O)C2)s1. The lowest BCUT2D eigenvalue weighted by Gasteiger charge is -2.16. The van der Waals surface area contributed by atoms with Gasteiger partial charge in [0, 0.05) is 24.5 Å². The zero-order valence-corrected chi connectivity index (χ0v) is 11.1. The van der Waals surface area contributed by atoms with Crippen molar-refractivity contribution in [2.75, 3.05) is 26.2 Å². The Bertz CT molecular complexity index is 472. The van der Waals surface area contributed by atoms with Crippen LogP contribution in [-0.2, 0) is 11.3 Å². The van der Waals surface area contributed by atoms with Gasteiger partial charge in [-0.1, -0.05) is 11.8 Å². The summed E-state index contributed by atoms with van der Waals surface area (Å²) in [6.45, 7) is 3.44. The van der Waals surface area contributed by atoms with E-state index in [0.717, 1.165) is 30.9 Å². The van der Waals surface area contributed by atoms with Crippen LogP contribution in [0.4, 0.5) is 0 Å². The van der Waals surface area contributed by atoms with E-state index in [4.69, 9.17) is 5.73 Å². The van der Waals surface area contributed by atoms with Crippen molar-refractivity contribution >= 4 is 17.2 Å². The molecule has 2 heterocycles. The topological polar surface area (TPSA) is 58.4 Å². The molecule has 0 radical (unpaired) electrons. The highest BCUT2D eigenvalue weighted by molar-refractivity contribution is 7.12. The maximum absolute atomic E-state index is 11.4. The first-order valence-electron chi connectivity index (χ1n) is 6.04. The Morgan fingerprint density at radius 2 is 2.39 bits per heavy atom. The molecule has 1 amide bonds. The third-order valence-electron chi connectivity index (χ3n) is 2.70. The molecule has 1 fully saturated rings. The molecule has 0 spiro atoms. The normalized spacial score (nSPS) is 16.6. The van der Waals surface area contributed by atoms with Crippen LogP contribution in [0.3, 0.4) is 0 Å². The molecule has 3 N–H and O–H groups in total. The smallest absolute Gasteiger partial charge is 0.234 e. The summed E-state index contributed by atoms with van der Waals surface area (Å²) in [4.78, 5) is 15.9. The molecule has 0 saturated carbocycles. The van der Waals surface area contributed by atoms with E-state index in [1.807, 2.05) is 6.07 Å². The van der Waals surface area contributed by atoms with E-state index in [0.29, 0.717) is 13.1 Å². The van der Waals surface area contributed by atoms with Gasteiger partial charge in [0.15, 0.2) is 0 Å². The van der Waals surface area contributed by atoms with Gasteiger partial charge in [-0.15, -0.1) is 11.3 Å². The maximum atomic E-state index is 11.4. The molecule has 2 rings (SSSR count). The maximum Gasteiger partial charge on any atom is 0.234 e. The summed E-state index contributed by atoms with van der Waals surface area (Å²) in [5, 5.41) is 2.88. The summed E-state index contributed by atoms with van der Waals surface area (Å²) >= 11 is 1.67. The fourth-order valence-corrected chi connectivity index (χ4v) is 2.82. The van der Waals surface area contributed by atoms with Crippen LogP contribution >= 0.6 is 11.3 Å². The lowest BCUT2D eigenvalue weighted by molar-refractivity contribution is -0.121. The zero-order chi connectivity index (χ0) is 12.8. The monoisotopic (exact) mass is 263 g/mol. The van der Waals surface area contributed by atoms with Crippen LogP contribution in [0.1, 0.15) is 16.2 Å². The molecule has 1 aromatic heterocycles. The quantitative estimate of drug-likeness (QED) is 0.759. The third-order valence-corrected chi connectivity index (χ3v) is 3.68. The number of thiophene rings is 1. The van der Waals surface area contributed by atoms with Crippen LogP contribution < -0.4 is 11.1 Å². The van der Waals surface area contributed by atoms with Gasteiger partial charge in [0.05, 0.1) is 18.0 Å². The van der Waals surface area contributed by atoms with Gasteiger partial charge in [-0.2, -0.15) is 0 Å². The minimum absolute atomic E-state index is 0.118.